The summed E-state index contributed by atoms with van der Waals surface area (Å²) in [5.74, 6) is -11.9. The van der Waals surface area contributed by atoms with Crippen molar-refractivity contribution in [3.8, 4) is 0 Å². The molecular formula is C8H8N6O16Pb. The molecule has 23 heteroatoms. The molecule has 0 aromatic carbocycles. The second-order valence-corrected chi connectivity index (χ2v) is 7.17. The van der Waals surface area contributed by atoms with Gasteiger partial charge in [0.15, 0.2) is 0 Å². The molecule has 2 radical (unpaired) electrons. The third-order valence-corrected chi connectivity index (χ3v) is 5.19. The molecule has 0 saturated carbocycles. The van der Waals surface area contributed by atoms with Gasteiger partial charge in [0.25, 0.3) is 0 Å². The molecule has 31 heavy (non-hydrogen) atoms. The van der Waals surface area contributed by atoms with Crippen LogP contribution in [0.15, 0.2) is 0 Å². The van der Waals surface area contributed by atoms with Gasteiger partial charge in [-0.25, -0.2) is 0 Å². The third kappa shape index (κ3) is 6.12. The Hall–Kier alpha value is -3.74. The number of carboxylic acids is 2. The first-order valence-electron chi connectivity index (χ1n) is 7.17. The number of nitro groups is 4. The number of carboxylic acid groups (broad SMARTS) is 2. The van der Waals surface area contributed by atoms with Crippen molar-refractivity contribution in [1.82, 2.24) is 0 Å². The van der Waals surface area contributed by atoms with Gasteiger partial charge in [-0.2, -0.15) is 0 Å². The Kier molecular flexibility index (Phi) is 9.56. The van der Waals surface area contributed by atoms with E-state index >= 15 is 0 Å². The van der Waals surface area contributed by atoms with Crippen LogP contribution in [0.3, 0.4) is 0 Å². The van der Waals surface area contributed by atoms with Gasteiger partial charge in [0.2, 0.25) is 0 Å². The second-order valence-electron chi connectivity index (χ2n) is 5.10. The van der Waals surface area contributed by atoms with E-state index in [1.165, 1.54) is 0 Å². The Balaban J connectivity index is 5.58. The minimum atomic E-state index is -3.94. The van der Waals surface area contributed by atoms with Crippen LogP contribution in [0.4, 0.5) is 0 Å². The second kappa shape index (κ2) is 10.9. The van der Waals surface area contributed by atoms with Crippen LogP contribution < -0.4 is 10.2 Å². The molecule has 0 unspecified atom stereocenters. The van der Waals surface area contributed by atoms with E-state index in [1.807, 2.05) is 0 Å². The molecule has 0 fully saturated rings. The normalized spacial score (nSPS) is 11.1. The summed E-state index contributed by atoms with van der Waals surface area (Å²) in [5, 5.41) is 64.8. The van der Waals surface area contributed by atoms with E-state index < -0.39 is 104 Å². The zero-order chi connectivity index (χ0) is 24.6. The van der Waals surface area contributed by atoms with Gasteiger partial charge < -0.3 is 0 Å². The molecule has 22 nitrogen and oxygen atoms in total. The van der Waals surface area contributed by atoms with Gasteiger partial charge in [-0.05, 0) is 0 Å². The Labute approximate surface area is 179 Å². The van der Waals surface area contributed by atoms with Crippen LogP contribution in [0, 0.1) is 50.3 Å². The zero-order valence-electron chi connectivity index (χ0n) is 14.5. The van der Waals surface area contributed by atoms with Gasteiger partial charge in [-0.1, -0.05) is 0 Å². The van der Waals surface area contributed by atoms with Gasteiger partial charge in [0.1, 0.15) is 0 Å². The van der Waals surface area contributed by atoms with E-state index in [-0.39, 0.29) is 0 Å². The third-order valence-electron chi connectivity index (χ3n) is 3.32. The molecule has 0 aromatic rings. The quantitative estimate of drug-likeness (QED) is 0.0656. The van der Waals surface area contributed by atoms with Gasteiger partial charge >= 0.3 is 180 Å². The monoisotopic (exact) mass is 652 g/mol. The molecule has 0 aliphatic heterocycles. The van der Waals surface area contributed by atoms with E-state index in [1.54, 1.807) is 0 Å². The summed E-state index contributed by atoms with van der Waals surface area (Å²) in [6.45, 7) is 0. The topological polar surface area (TPSA) is 311 Å². The maximum atomic E-state index is 11.8. The Bertz CT molecular complexity index is 733. The Morgan fingerprint density at radius 2 is 0.903 bits per heavy atom. The number of rotatable bonds is 16. The van der Waals surface area contributed by atoms with Crippen LogP contribution in [-0.2, 0) is 15.2 Å². The van der Waals surface area contributed by atoms with Crippen molar-refractivity contribution < 1.29 is 54.9 Å². The van der Waals surface area contributed by atoms with Crippen molar-refractivity contribution in [3.63, 3.8) is 0 Å². The SMILES string of the molecule is O=C([O-])CCC([N+](=O)[O-])([N+](=O)[O-])[N+](=O)[O][Pb][O][N+](=O)C(CCC(=O)[O-])([N+](=O)[O-])[N+](=O)[O-]. The number of aliphatic carboxylic acids is 2. The fourth-order valence-electron chi connectivity index (χ4n) is 1.72. The standard InChI is InChI=1S/2C4H5N3O8.Pb/c2*8-3(9)1-2-4(5(10)11,6(12)13)7(14)15;/h2*1-2H2,(H,8,9);/q;;+2/p-2. The number of carbonyl (C=O) groups excluding carboxylic acids is 2. The van der Waals surface area contributed by atoms with Crippen molar-refractivity contribution >= 4 is 37.1 Å². The molecule has 0 spiro atoms. The van der Waals surface area contributed by atoms with Gasteiger partial charge in [0.05, 0.1) is 0 Å². The molecule has 0 saturated heterocycles. The maximum absolute atomic E-state index is 11.8. The summed E-state index contributed by atoms with van der Waals surface area (Å²) in [5.41, 5.74) is 0. The summed E-state index contributed by atoms with van der Waals surface area (Å²) >= 11 is -3.94. The van der Waals surface area contributed by atoms with Gasteiger partial charge in [-0.3, -0.25) is 0 Å². The number of nitrogens with zero attached hydrogens (tertiary/aromatic N) is 6. The first kappa shape index (κ1) is 27.3. The van der Waals surface area contributed by atoms with E-state index in [2.05, 4.69) is 5.58 Å². The molecule has 0 amide bonds. The number of hydrogen-bond acceptors (Lipinski definition) is 16. The molecule has 0 aliphatic carbocycles. The zero-order valence-corrected chi connectivity index (χ0v) is 18.4. The predicted molar refractivity (Wildman–Crippen MR) is 77.1 cm³/mol. The molecule has 0 rings (SSSR count). The Morgan fingerprint density at radius 1 is 0.645 bits per heavy atom. The first-order chi connectivity index (χ1) is 14.2. The van der Waals surface area contributed by atoms with Crippen LogP contribution in [0.2, 0.25) is 0 Å². The van der Waals surface area contributed by atoms with Crippen molar-refractivity contribution in [2.75, 3.05) is 0 Å². The van der Waals surface area contributed by atoms with E-state index in [0.29, 0.717) is 0 Å². The van der Waals surface area contributed by atoms with E-state index in [9.17, 15) is 70.1 Å². The number of carbonyl (C=O) groups is 2. The van der Waals surface area contributed by atoms with E-state index in [0.717, 1.165) is 0 Å². The average molecular weight is 651 g/mol. The summed E-state index contributed by atoms with van der Waals surface area (Å²) < 4.78 is 8.10. The Morgan fingerprint density at radius 3 is 1.10 bits per heavy atom. The molecule has 170 valence electrons. The van der Waals surface area contributed by atoms with Crippen LogP contribution in [0.25, 0.3) is 0 Å². The average Bonchev–Trinajstić information content (AvgIpc) is 2.60. The molecule has 0 bridgehead atoms. The molecule has 0 aromatic heterocycles. The summed E-state index contributed by atoms with van der Waals surface area (Å²) in [6.07, 6.45) is -5.88. The summed E-state index contributed by atoms with van der Waals surface area (Å²) in [6, 6.07) is 0. The van der Waals surface area contributed by atoms with Crippen LogP contribution in [0.1, 0.15) is 25.7 Å². The summed E-state index contributed by atoms with van der Waals surface area (Å²) in [7, 11) is 0. The predicted octanol–water partition coefficient (Wildman–Crippen LogP) is -4.58. The van der Waals surface area contributed by atoms with Crippen molar-refractivity contribution in [2.24, 2.45) is 0 Å². The molecular weight excluding hydrogens is 643 g/mol. The molecule has 0 heterocycles. The fraction of sp³-hybridized carbons (Fsp3) is 0.750. The first-order valence-corrected chi connectivity index (χ1v) is 10.3. The van der Waals surface area contributed by atoms with Crippen molar-refractivity contribution in [2.45, 2.75) is 37.3 Å². The van der Waals surface area contributed by atoms with Crippen LogP contribution in [0.5, 0.6) is 0 Å². The van der Waals surface area contributed by atoms with Crippen molar-refractivity contribution in [1.29, 1.82) is 0 Å². The minimum absolute atomic E-state index is 1.33. The van der Waals surface area contributed by atoms with E-state index in [4.69, 9.17) is 0 Å². The van der Waals surface area contributed by atoms with Crippen LogP contribution in [-0.4, -0.2) is 78.2 Å². The van der Waals surface area contributed by atoms with Crippen molar-refractivity contribution in [3.05, 3.63) is 50.3 Å². The van der Waals surface area contributed by atoms with Gasteiger partial charge in [0, 0.05) is 0 Å². The molecule has 0 N–H and O–H groups in total. The molecule has 0 aliphatic rings. The fourth-order valence-corrected chi connectivity index (χ4v) is 3.51. The number of hydrogen-bond donors (Lipinski definition) is 0. The summed E-state index contributed by atoms with van der Waals surface area (Å²) in [4.78, 5) is 78.4. The van der Waals surface area contributed by atoms with Crippen LogP contribution >= 0.6 is 0 Å². The molecule has 0 atom stereocenters. The van der Waals surface area contributed by atoms with Gasteiger partial charge in [-0.15, -0.1) is 0 Å².